The van der Waals surface area contributed by atoms with Gasteiger partial charge in [-0.1, -0.05) is 0 Å². The van der Waals surface area contributed by atoms with Crippen molar-refractivity contribution >= 4 is 33.5 Å². The number of hydrogen-bond donors (Lipinski definition) is 0. The quantitative estimate of drug-likeness (QED) is 0.687. The molecule has 0 radical (unpaired) electrons. The molecule has 0 bridgehead atoms. The minimum absolute atomic E-state index is 0.893. The van der Waals surface area contributed by atoms with E-state index in [1.165, 1.54) is 0 Å². The molecule has 0 saturated heterocycles. The predicted octanol–water partition coefficient (Wildman–Crippen LogP) is 1.94. The molecular weight excluding hydrogens is 265 g/mol. The van der Waals surface area contributed by atoms with E-state index in [9.17, 15) is 0 Å². The van der Waals surface area contributed by atoms with Crippen LogP contribution in [0.25, 0.3) is 10.9 Å². The normalized spacial score (nSPS) is 10.5. The molecule has 0 amide bonds. The molecule has 0 aliphatic rings. The van der Waals surface area contributed by atoms with E-state index in [4.69, 9.17) is 0 Å². The Morgan fingerprint density at radius 3 is 3.00 bits per heavy atom. The van der Waals surface area contributed by atoms with Crippen LogP contribution in [0.2, 0.25) is 0 Å². The van der Waals surface area contributed by atoms with Gasteiger partial charge in [0.05, 0.1) is 11.9 Å². The van der Waals surface area contributed by atoms with Crippen LogP contribution in [0, 0.1) is 10.5 Å². The fourth-order valence-electron chi connectivity index (χ4n) is 1.08. The van der Waals surface area contributed by atoms with Crippen LogP contribution in [-0.2, 0) is 0 Å². The molecular formula is C8H6IN3. The highest BCUT2D eigenvalue weighted by Gasteiger charge is 2.02. The van der Waals surface area contributed by atoms with E-state index < -0.39 is 0 Å². The number of aromatic nitrogens is 3. The number of pyridine rings is 1. The summed E-state index contributed by atoms with van der Waals surface area (Å²) < 4.78 is 1.11. The third-order valence-corrected chi connectivity index (χ3v) is 2.55. The molecule has 0 aliphatic carbocycles. The van der Waals surface area contributed by atoms with Crippen LogP contribution in [0.4, 0.5) is 0 Å². The van der Waals surface area contributed by atoms with Crippen molar-refractivity contribution in [2.45, 2.75) is 6.92 Å². The summed E-state index contributed by atoms with van der Waals surface area (Å²) in [6, 6.07) is 1.96. The van der Waals surface area contributed by atoms with Crippen molar-refractivity contribution in [3.05, 3.63) is 27.7 Å². The summed E-state index contributed by atoms with van der Waals surface area (Å²) in [5.41, 5.74) is 1.82. The molecule has 12 heavy (non-hydrogen) atoms. The maximum Gasteiger partial charge on any atom is 0.115 e. The monoisotopic (exact) mass is 271 g/mol. The summed E-state index contributed by atoms with van der Waals surface area (Å²) in [5, 5.41) is 8.97. The van der Waals surface area contributed by atoms with Crippen LogP contribution in [0.15, 0.2) is 18.5 Å². The van der Waals surface area contributed by atoms with E-state index in [1.807, 2.05) is 19.2 Å². The molecule has 2 rings (SSSR count). The zero-order chi connectivity index (χ0) is 8.55. The van der Waals surface area contributed by atoms with E-state index in [2.05, 4.69) is 37.8 Å². The fourth-order valence-corrected chi connectivity index (χ4v) is 1.65. The van der Waals surface area contributed by atoms with E-state index in [1.54, 1.807) is 6.20 Å². The maximum atomic E-state index is 4.20. The topological polar surface area (TPSA) is 38.7 Å². The number of rotatable bonds is 0. The highest BCUT2D eigenvalue weighted by molar-refractivity contribution is 14.1. The zero-order valence-corrected chi connectivity index (χ0v) is 8.61. The number of hydrogen-bond acceptors (Lipinski definition) is 3. The van der Waals surface area contributed by atoms with Crippen LogP contribution in [0.3, 0.4) is 0 Å². The van der Waals surface area contributed by atoms with Gasteiger partial charge < -0.3 is 0 Å². The molecule has 2 aromatic heterocycles. The molecule has 0 unspecified atom stereocenters. The van der Waals surface area contributed by atoms with Gasteiger partial charge in [-0.2, -0.15) is 5.10 Å². The molecule has 0 aliphatic heterocycles. The van der Waals surface area contributed by atoms with Gasteiger partial charge in [0.15, 0.2) is 0 Å². The lowest BCUT2D eigenvalue weighted by molar-refractivity contribution is 1.05. The largest absolute Gasteiger partial charge is 0.258 e. The first-order valence-corrected chi connectivity index (χ1v) is 4.59. The van der Waals surface area contributed by atoms with E-state index in [-0.39, 0.29) is 0 Å². The molecule has 4 heteroatoms. The van der Waals surface area contributed by atoms with E-state index in [0.29, 0.717) is 0 Å². The second-order valence-electron chi connectivity index (χ2n) is 2.49. The van der Waals surface area contributed by atoms with Gasteiger partial charge in [-0.3, -0.25) is 4.98 Å². The molecule has 3 nitrogen and oxygen atoms in total. The van der Waals surface area contributed by atoms with E-state index in [0.717, 1.165) is 20.2 Å². The molecule has 0 saturated carbocycles. The number of halogens is 1. The van der Waals surface area contributed by atoms with Gasteiger partial charge in [-0.25, -0.2) is 0 Å². The summed E-state index contributed by atoms with van der Waals surface area (Å²) in [6.45, 7) is 1.94. The minimum atomic E-state index is 0.893. The molecule has 60 valence electrons. The van der Waals surface area contributed by atoms with Gasteiger partial charge in [-0.15, -0.1) is 5.10 Å². The van der Waals surface area contributed by atoms with Crippen LogP contribution >= 0.6 is 22.6 Å². The second kappa shape index (κ2) is 2.93. The highest BCUT2D eigenvalue weighted by Crippen LogP contribution is 2.18. The molecule has 0 atom stereocenters. The summed E-state index contributed by atoms with van der Waals surface area (Å²) in [4.78, 5) is 4.20. The Hall–Kier alpha value is -0.780. The lowest BCUT2D eigenvalue weighted by Gasteiger charge is -1.99. The Bertz CT molecular complexity index is 387. The Morgan fingerprint density at radius 2 is 2.25 bits per heavy atom. The van der Waals surface area contributed by atoms with Crippen LogP contribution in [-0.4, -0.2) is 15.2 Å². The van der Waals surface area contributed by atoms with Crippen molar-refractivity contribution in [1.29, 1.82) is 0 Å². The molecule has 2 heterocycles. The number of nitrogens with zero attached hydrogens (tertiary/aromatic N) is 3. The first-order valence-electron chi connectivity index (χ1n) is 3.51. The summed E-state index contributed by atoms with van der Waals surface area (Å²) in [7, 11) is 0. The third kappa shape index (κ3) is 1.16. The Morgan fingerprint density at radius 1 is 1.42 bits per heavy atom. The molecule has 0 fully saturated rings. The average Bonchev–Trinajstić information content (AvgIpc) is 2.12. The maximum absolute atomic E-state index is 4.20. The Balaban J connectivity index is 2.95. The van der Waals surface area contributed by atoms with Gasteiger partial charge >= 0.3 is 0 Å². The second-order valence-corrected chi connectivity index (χ2v) is 3.65. The first kappa shape index (κ1) is 7.85. The van der Waals surface area contributed by atoms with Gasteiger partial charge in [0, 0.05) is 15.2 Å². The van der Waals surface area contributed by atoms with Crippen molar-refractivity contribution < 1.29 is 0 Å². The van der Waals surface area contributed by atoms with Crippen LogP contribution < -0.4 is 0 Å². The van der Waals surface area contributed by atoms with Crippen molar-refractivity contribution in [2.75, 3.05) is 0 Å². The van der Waals surface area contributed by atoms with Gasteiger partial charge in [0.25, 0.3) is 0 Å². The van der Waals surface area contributed by atoms with Gasteiger partial charge in [0.1, 0.15) is 5.52 Å². The Labute approximate surface area is 83.4 Å². The van der Waals surface area contributed by atoms with E-state index >= 15 is 0 Å². The SMILES string of the molecule is Cc1ncc(I)c2ccnnc12. The predicted molar refractivity (Wildman–Crippen MR) is 54.8 cm³/mol. The van der Waals surface area contributed by atoms with Gasteiger partial charge in [-0.05, 0) is 35.6 Å². The first-order chi connectivity index (χ1) is 5.79. The summed E-state index contributed by atoms with van der Waals surface area (Å²) in [6.07, 6.45) is 3.55. The molecule has 0 spiro atoms. The minimum Gasteiger partial charge on any atom is -0.258 e. The van der Waals surface area contributed by atoms with Crippen molar-refractivity contribution in [3.8, 4) is 0 Å². The van der Waals surface area contributed by atoms with Crippen molar-refractivity contribution in [1.82, 2.24) is 15.2 Å². The standard InChI is InChI=1S/C8H6IN3/c1-5-8-6(2-3-11-12-8)7(9)4-10-5/h2-4H,1H3. The molecule has 0 N–H and O–H groups in total. The zero-order valence-electron chi connectivity index (χ0n) is 6.45. The smallest absolute Gasteiger partial charge is 0.115 e. The molecule has 2 aromatic rings. The number of aryl methyl sites for hydroxylation is 1. The fraction of sp³-hybridized carbons (Fsp3) is 0.125. The number of fused-ring (bicyclic) bond motifs is 1. The average molecular weight is 271 g/mol. The lowest BCUT2D eigenvalue weighted by atomic mass is 10.2. The summed E-state index contributed by atoms with van der Waals surface area (Å²) >= 11 is 2.24. The molecule has 0 aromatic carbocycles. The summed E-state index contributed by atoms with van der Waals surface area (Å²) in [5.74, 6) is 0. The van der Waals surface area contributed by atoms with Crippen LogP contribution in [0.5, 0.6) is 0 Å². The highest BCUT2D eigenvalue weighted by atomic mass is 127. The van der Waals surface area contributed by atoms with Crippen molar-refractivity contribution in [3.63, 3.8) is 0 Å². The third-order valence-electron chi connectivity index (χ3n) is 1.69. The van der Waals surface area contributed by atoms with Gasteiger partial charge in [0.2, 0.25) is 0 Å². The Kier molecular flexibility index (Phi) is 1.92. The van der Waals surface area contributed by atoms with Crippen LogP contribution in [0.1, 0.15) is 5.69 Å². The lowest BCUT2D eigenvalue weighted by Crippen LogP contribution is -1.91. The van der Waals surface area contributed by atoms with Crippen molar-refractivity contribution in [2.24, 2.45) is 0 Å².